The second-order valence-corrected chi connectivity index (χ2v) is 6.75. The topological polar surface area (TPSA) is 54.4 Å². The number of non-ortho nitro benzene ring substituents is 1. The highest BCUT2D eigenvalue weighted by Crippen LogP contribution is 2.33. The normalized spacial score (nSPS) is 10.7. The fourth-order valence-electron chi connectivity index (χ4n) is 3.06. The maximum atomic E-state index is 13.3. The van der Waals surface area contributed by atoms with Crippen LogP contribution >= 0.6 is 0 Å². The first-order valence-corrected chi connectivity index (χ1v) is 9.05. The molecule has 0 radical (unpaired) electrons. The first kappa shape index (κ1) is 18.5. The van der Waals surface area contributed by atoms with E-state index in [1.54, 1.807) is 24.3 Å². The smallest absolute Gasteiger partial charge is 0.258 e. The van der Waals surface area contributed by atoms with E-state index in [1.165, 1.54) is 24.3 Å². The summed E-state index contributed by atoms with van der Waals surface area (Å²) in [6.45, 7) is 2.01. The van der Waals surface area contributed by atoms with E-state index in [-0.39, 0.29) is 11.5 Å². The number of aryl methyl sites for hydroxylation is 1. The zero-order chi connectivity index (χ0) is 20.4. The van der Waals surface area contributed by atoms with Crippen molar-refractivity contribution < 1.29 is 13.7 Å². The number of benzene rings is 3. The predicted octanol–water partition coefficient (Wildman–Crippen LogP) is 6.92. The highest BCUT2D eigenvalue weighted by Gasteiger charge is 2.21. The Morgan fingerprint density at radius 3 is 1.72 bits per heavy atom. The monoisotopic (exact) mass is 386 g/mol. The van der Waals surface area contributed by atoms with Crippen LogP contribution in [-0.2, 0) is 0 Å². The second kappa shape index (κ2) is 7.64. The van der Waals surface area contributed by atoms with Gasteiger partial charge in [0.15, 0.2) is 0 Å². The summed E-state index contributed by atoms with van der Waals surface area (Å²) in [6.07, 6.45) is 0. The van der Waals surface area contributed by atoms with E-state index in [2.05, 4.69) is 0 Å². The Hall–Kier alpha value is -3.86. The Morgan fingerprint density at radius 2 is 1.21 bits per heavy atom. The van der Waals surface area contributed by atoms with Crippen molar-refractivity contribution in [2.24, 2.45) is 0 Å². The minimum Gasteiger partial charge on any atom is -0.258 e. The molecule has 29 heavy (non-hydrogen) atoms. The SMILES string of the molecule is Cc1ccc(-c2cc(-c3ccc([N+](=O)[O-])cc3)cc(-c3ccc(F)cc3)[o+]2)cc1. The van der Waals surface area contributed by atoms with E-state index in [9.17, 15) is 14.5 Å². The molecule has 1 aromatic heterocycles. The molecule has 0 aliphatic rings. The molecular formula is C24H17FNO3+. The quantitative estimate of drug-likeness (QED) is 0.217. The molecule has 0 amide bonds. The molecule has 1 heterocycles. The molecule has 0 aliphatic heterocycles. The van der Waals surface area contributed by atoms with Crippen LogP contribution in [0.2, 0.25) is 0 Å². The van der Waals surface area contributed by atoms with Gasteiger partial charge in [-0.1, -0.05) is 17.7 Å². The molecule has 0 saturated heterocycles. The standard InChI is InChI=1S/C24H17FNO3/c1-16-2-4-18(5-3-16)23-14-20(17-8-12-22(13-9-17)26(27)28)15-24(29-23)19-6-10-21(25)11-7-19/h2-15H,1H3/q+1. The summed E-state index contributed by atoms with van der Waals surface area (Å²) >= 11 is 0. The van der Waals surface area contributed by atoms with Gasteiger partial charge in [-0.3, -0.25) is 10.1 Å². The van der Waals surface area contributed by atoms with Crippen molar-refractivity contribution in [3.63, 3.8) is 0 Å². The molecule has 0 unspecified atom stereocenters. The Morgan fingerprint density at radius 1 is 0.724 bits per heavy atom. The summed E-state index contributed by atoms with van der Waals surface area (Å²) in [6, 6.07) is 24.2. The van der Waals surface area contributed by atoms with Gasteiger partial charge in [-0.25, -0.2) is 8.81 Å². The van der Waals surface area contributed by atoms with E-state index in [1.807, 2.05) is 43.3 Å². The molecule has 4 nitrogen and oxygen atoms in total. The summed E-state index contributed by atoms with van der Waals surface area (Å²) in [5.74, 6) is 0.913. The molecule has 0 atom stereocenters. The fraction of sp³-hybridized carbons (Fsp3) is 0.0417. The summed E-state index contributed by atoms with van der Waals surface area (Å²) < 4.78 is 19.5. The maximum Gasteiger partial charge on any atom is 0.361 e. The molecule has 3 aromatic carbocycles. The number of halogens is 1. The van der Waals surface area contributed by atoms with E-state index < -0.39 is 4.92 Å². The molecule has 0 bridgehead atoms. The van der Waals surface area contributed by atoms with Gasteiger partial charge in [-0.05, 0) is 61.0 Å². The third-order valence-corrected chi connectivity index (χ3v) is 4.67. The molecule has 4 rings (SSSR count). The number of nitrogens with zero attached hydrogens (tertiary/aromatic N) is 1. The lowest BCUT2D eigenvalue weighted by Gasteiger charge is -2.03. The van der Waals surface area contributed by atoms with Crippen molar-refractivity contribution in [1.82, 2.24) is 0 Å². The number of rotatable bonds is 4. The van der Waals surface area contributed by atoms with Crippen molar-refractivity contribution in [3.05, 3.63) is 106 Å². The zero-order valence-corrected chi connectivity index (χ0v) is 15.6. The Kier molecular flexibility index (Phi) is 4.87. The number of hydrogen-bond donors (Lipinski definition) is 0. The van der Waals surface area contributed by atoms with Gasteiger partial charge in [0.2, 0.25) is 0 Å². The minimum absolute atomic E-state index is 0.0342. The van der Waals surface area contributed by atoms with Crippen LogP contribution in [0.5, 0.6) is 0 Å². The molecule has 0 aliphatic carbocycles. The number of hydrogen-bond acceptors (Lipinski definition) is 2. The lowest BCUT2D eigenvalue weighted by Crippen LogP contribution is -1.89. The van der Waals surface area contributed by atoms with Crippen molar-refractivity contribution >= 4 is 5.69 Å². The predicted molar refractivity (Wildman–Crippen MR) is 111 cm³/mol. The number of nitro benzene ring substituents is 1. The molecular weight excluding hydrogens is 369 g/mol. The van der Waals surface area contributed by atoms with E-state index in [4.69, 9.17) is 4.42 Å². The van der Waals surface area contributed by atoms with Crippen LogP contribution in [0.3, 0.4) is 0 Å². The first-order valence-electron chi connectivity index (χ1n) is 9.05. The second-order valence-electron chi connectivity index (χ2n) is 6.75. The van der Waals surface area contributed by atoms with Gasteiger partial charge in [0.1, 0.15) is 5.82 Å². The van der Waals surface area contributed by atoms with Crippen LogP contribution in [0, 0.1) is 22.9 Å². The molecule has 0 N–H and O–H groups in total. The van der Waals surface area contributed by atoms with Gasteiger partial charge in [0.05, 0.1) is 28.2 Å². The third-order valence-electron chi connectivity index (χ3n) is 4.67. The van der Waals surface area contributed by atoms with Gasteiger partial charge in [0, 0.05) is 17.7 Å². The fourth-order valence-corrected chi connectivity index (χ4v) is 3.06. The highest BCUT2D eigenvalue weighted by molar-refractivity contribution is 5.75. The summed E-state index contributed by atoms with van der Waals surface area (Å²) in [7, 11) is 0. The van der Waals surface area contributed by atoms with Crippen LogP contribution < -0.4 is 0 Å². The van der Waals surface area contributed by atoms with Gasteiger partial charge in [-0.15, -0.1) is 0 Å². The van der Waals surface area contributed by atoms with E-state index in [0.29, 0.717) is 11.5 Å². The maximum absolute atomic E-state index is 13.3. The summed E-state index contributed by atoms with van der Waals surface area (Å²) in [4.78, 5) is 10.5. The minimum atomic E-state index is -0.425. The van der Waals surface area contributed by atoms with E-state index >= 15 is 0 Å². The lowest BCUT2D eigenvalue weighted by molar-refractivity contribution is -0.384. The average Bonchev–Trinajstić information content (AvgIpc) is 2.74. The first-order chi connectivity index (χ1) is 14.0. The Balaban J connectivity index is 1.86. The average molecular weight is 386 g/mol. The van der Waals surface area contributed by atoms with Crippen LogP contribution in [0.25, 0.3) is 33.8 Å². The van der Waals surface area contributed by atoms with E-state index in [0.717, 1.165) is 27.8 Å². The van der Waals surface area contributed by atoms with Crippen molar-refractivity contribution in [1.29, 1.82) is 0 Å². The van der Waals surface area contributed by atoms with Crippen LogP contribution in [-0.4, -0.2) is 4.92 Å². The molecule has 0 fully saturated rings. The molecule has 5 heteroatoms. The lowest BCUT2D eigenvalue weighted by atomic mass is 10.0. The van der Waals surface area contributed by atoms with Gasteiger partial charge in [-0.2, -0.15) is 0 Å². The van der Waals surface area contributed by atoms with Crippen LogP contribution in [0.4, 0.5) is 10.1 Å². The van der Waals surface area contributed by atoms with Gasteiger partial charge in [0.25, 0.3) is 5.69 Å². The zero-order valence-electron chi connectivity index (χ0n) is 15.6. The Labute approximate surface area is 167 Å². The van der Waals surface area contributed by atoms with Gasteiger partial charge < -0.3 is 0 Å². The van der Waals surface area contributed by atoms with Crippen molar-refractivity contribution in [2.45, 2.75) is 6.92 Å². The molecule has 0 saturated carbocycles. The largest absolute Gasteiger partial charge is 0.361 e. The van der Waals surface area contributed by atoms with Crippen molar-refractivity contribution in [2.75, 3.05) is 0 Å². The summed E-state index contributed by atoms with van der Waals surface area (Å²) in [5.41, 5.74) is 4.49. The van der Waals surface area contributed by atoms with Crippen LogP contribution in [0.1, 0.15) is 5.56 Å². The van der Waals surface area contributed by atoms with Crippen LogP contribution in [0.15, 0.2) is 89.3 Å². The Bertz CT molecular complexity index is 1100. The molecule has 0 spiro atoms. The highest BCUT2D eigenvalue weighted by atomic mass is 19.1. The van der Waals surface area contributed by atoms with Gasteiger partial charge >= 0.3 is 11.5 Å². The third kappa shape index (κ3) is 4.04. The van der Waals surface area contributed by atoms with Crippen molar-refractivity contribution in [3.8, 4) is 33.8 Å². The molecule has 4 aromatic rings. The number of nitro groups is 1. The molecule has 142 valence electrons. The summed E-state index contributed by atoms with van der Waals surface area (Å²) in [5, 5.41) is 10.9.